The zero-order valence-electron chi connectivity index (χ0n) is 13.8. The summed E-state index contributed by atoms with van der Waals surface area (Å²) >= 11 is 14.1. The minimum atomic E-state index is 0.621. The van der Waals surface area contributed by atoms with E-state index in [0.717, 1.165) is 27.3 Å². The quantitative estimate of drug-likeness (QED) is 0.570. The summed E-state index contributed by atoms with van der Waals surface area (Å²) in [5.74, 6) is 0. The van der Waals surface area contributed by atoms with Crippen LogP contribution in [0.25, 0.3) is 11.3 Å². The van der Waals surface area contributed by atoms with Crippen molar-refractivity contribution in [2.75, 3.05) is 6.54 Å². The highest BCUT2D eigenvalue weighted by atomic mass is 35.5. The van der Waals surface area contributed by atoms with Gasteiger partial charge in [0.15, 0.2) is 0 Å². The molecule has 0 N–H and O–H groups in total. The van der Waals surface area contributed by atoms with Crippen molar-refractivity contribution >= 4 is 40.3 Å². The Morgan fingerprint density at radius 2 is 1.96 bits per heavy atom. The molecule has 0 bridgehead atoms. The minimum Gasteiger partial charge on any atom is -0.265 e. The topological polar surface area (TPSA) is 42.5 Å². The third-order valence-corrected chi connectivity index (χ3v) is 4.95. The summed E-state index contributed by atoms with van der Waals surface area (Å²) in [6, 6.07) is 9.25. The van der Waals surface area contributed by atoms with Gasteiger partial charge in [-0.05, 0) is 44.2 Å². The van der Waals surface area contributed by atoms with Crippen molar-refractivity contribution < 1.29 is 0 Å². The molecule has 0 saturated carbocycles. The van der Waals surface area contributed by atoms with Gasteiger partial charge in [0.2, 0.25) is 4.80 Å². The summed E-state index contributed by atoms with van der Waals surface area (Å²) in [6.07, 6.45) is 3.50. The summed E-state index contributed by atoms with van der Waals surface area (Å²) in [5.41, 5.74) is 3.55. The second kappa shape index (κ2) is 7.95. The lowest BCUT2D eigenvalue weighted by Gasteiger charge is -2.08. The van der Waals surface area contributed by atoms with Crippen LogP contribution in [0.2, 0.25) is 10.0 Å². The fourth-order valence-corrected chi connectivity index (χ4v) is 3.59. The van der Waals surface area contributed by atoms with E-state index in [2.05, 4.69) is 9.98 Å². The van der Waals surface area contributed by atoms with Crippen molar-refractivity contribution in [3.63, 3.8) is 0 Å². The molecule has 1 aromatic carbocycles. The molecule has 0 fully saturated rings. The molecule has 4 nitrogen and oxygen atoms in total. The molecule has 0 aliphatic rings. The molecule has 0 radical (unpaired) electrons. The standard InChI is InChI=1S/C18H16Cl2N4S/c1-3-22-18-24(23-12(2)13-6-8-21-9-7-13)17(11-25-18)15-10-14(19)4-5-16(15)20/h4-11H,3H2,1-2H3. The second-order valence-corrected chi connectivity index (χ2v) is 6.92. The van der Waals surface area contributed by atoms with Crippen LogP contribution in [-0.2, 0) is 0 Å². The summed E-state index contributed by atoms with van der Waals surface area (Å²) < 4.78 is 1.82. The maximum absolute atomic E-state index is 6.39. The Hall–Kier alpha value is -1.95. The first-order valence-electron chi connectivity index (χ1n) is 7.72. The van der Waals surface area contributed by atoms with Gasteiger partial charge in [-0.25, -0.2) is 4.68 Å². The number of hydrogen-bond acceptors (Lipinski definition) is 4. The van der Waals surface area contributed by atoms with Crippen LogP contribution in [0.1, 0.15) is 19.4 Å². The lowest BCUT2D eigenvalue weighted by atomic mass is 10.2. The average molecular weight is 391 g/mol. The number of hydrogen-bond donors (Lipinski definition) is 0. The number of pyridine rings is 1. The molecule has 25 heavy (non-hydrogen) atoms. The fourth-order valence-electron chi connectivity index (χ4n) is 2.32. The molecule has 0 unspecified atom stereocenters. The number of aromatic nitrogens is 2. The predicted octanol–water partition coefficient (Wildman–Crippen LogP) is 5.11. The maximum atomic E-state index is 6.39. The van der Waals surface area contributed by atoms with E-state index in [-0.39, 0.29) is 0 Å². The van der Waals surface area contributed by atoms with Gasteiger partial charge in [0.25, 0.3) is 0 Å². The third kappa shape index (κ3) is 4.00. The second-order valence-electron chi connectivity index (χ2n) is 5.24. The largest absolute Gasteiger partial charge is 0.265 e. The summed E-state index contributed by atoms with van der Waals surface area (Å²) in [7, 11) is 0. The van der Waals surface area contributed by atoms with Crippen LogP contribution in [0.5, 0.6) is 0 Å². The molecule has 0 amide bonds. The van der Waals surface area contributed by atoms with Gasteiger partial charge in [-0.15, -0.1) is 11.3 Å². The van der Waals surface area contributed by atoms with Crippen LogP contribution in [-0.4, -0.2) is 21.9 Å². The first kappa shape index (κ1) is 17.9. The van der Waals surface area contributed by atoms with E-state index >= 15 is 0 Å². The van der Waals surface area contributed by atoms with Gasteiger partial charge in [0, 0.05) is 40.5 Å². The highest BCUT2D eigenvalue weighted by Gasteiger charge is 2.12. The molecule has 2 aromatic heterocycles. The molecule has 0 spiro atoms. The first-order chi connectivity index (χ1) is 12.1. The number of thiazole rings is 1. The molecular weight excluding hydrogens is 375 g/mol. The number of halogens is 2. The monoisotopic (exact) mass is 390 g/mol. The number of benzene rings is 1. The molecule has 3 rings (SSSR count). The van der Waals surface area contributed by atoms with Gasteiger partial charge in [-0.1, -0.05) is 23.2 Å². The van der Waals surface area contributed by atoms with E-state index < -0.39 is 0 Å². The minimum absolute atomic E-state index is 0.621. The first-order valence-corrected chi connectivity index (χ1v) is 9.36. The highest BCUT2D eigenvalue weighted by Crippen LogP contribution is 2.31. The molecule has 0 saturated heterocycles. The van der Waals surface area contributed by atoms with E-state index in [1.165, 1.54) is 11.3 Å². The van der Waals surface area contributed by atoms with Crippen LogP contribution in [0.3, 0.4) is 0 Å². The van der Waals surface area contributed by atoms with E-state index in [1.54, 1.807) is 24.5 Å². The van der Waals surface area contributed by atoms with Crippen LogP contribution in [0.4, 0.5) is 0 Å². The Morgan fingerprint density at radius 3 is 2.68 bits per heavy atom. The molecule has 3 aromatic rings. The Labute approximate surface area is 160 Å². The van der Waals surface area contributed by atoms with Crippen LogP contribution in [0, 0.1) is 0 Å². The zero-order valence-corrected chi connectivity index (χ0v) is 16.1. The Bertz CT molecular complexity index is 974. The van der Waals surface area contributed by atoms with Crippen molar-refractivity contribution in [2.24, 2.45) is 10.1 Å². The van der Waals surface area contributed by atoms with E-state index in [4.69, 9.17) is 28.3 Å². The molecule has 0 aliphatic heterocycles. The number of rotatable bonds is 4. The lowest BCUT2D eigenvalue weighted by molar-refractivity contribution is 0.827. The Kier molecular flexibility index (Phi) is 5.68. The van der Waals surface area contributed by atoms with E-state index in [9.17, 15) is 0 Å². The maximum Gasteiger partial charge on any atom is 0.206 e. The summed E-state index contributed by atoms with van der Waals surface area (Å²) in [6.45, 7) is 4.63. The highest BCUT2D eigenvalue weighted by molar-refractivity contribution is 7.07. The smallest absolute Gasteiger partial charge is 0.206 e. The van der Waals surface area contributed by atoms with Crippen molar-refractivity contribution in [3.8, 4) is 11.3 Å². The van der Waals surface area contributed by atoms with Gasteiger partial charge in [0.05, 0.1) is 16.4 Å². The van der Waals surface area contributed by atoms with Gasteiger partial charge < -0.3 is 0 Å². The summed E-state index contributed by atoms with van der Waals surface area (Å²) in [4.78, 5) is 9.39. The van der Waals surface area contributed by atoms with Crippen LogP contribution in [0.15, 0.2) is 58.2 Å². The van der Waals surface area contributed by atoms with Crippen molar-refractivity contribution in [2.45, 2.75) is 13.8 Å². The van der Waals surface area contributed by atoms with Crippen molar-refractivity contribution in [1.29, 1.82) is 0 Å². The normalized spacial score (nSPS) is 12.6. The molecular formula is C18H16Cl2N4S. The van der Waals surface area contributed by atoms with Crippen LogP contribution >= 0.6 is 34.5 Å². The summed E-state index contributed by atoms with van der Waals surface area (Å²) in [5, 5.41) is 8.02. The van der Waals surface area contributed by atoms with E-state index in [1.807, 2.05) is 42.1 Å². The Balaban J connectivity index is 2.20. The average Bonchev–Trinajstić information content (AvgIpc) is 3.00. The van der Waals surface area contributed by atoms with E-state index in [0.29, 0.717) is 16.6 Å². The van der Waals surface area contributed by atoms with Crippen LogP contribution < -0.4 is 4.80 Å². The zero-order chi connectivity index (χ0) is 17.8. The van der Waals surface area contributed by atoms with Crippen molar-refractivity contribution in [3.05, 3.63) is 68.5 Å². The third-order valence-electron chi connectivity index (χ3n) is 3.53. The molecule has 7 heteroatoms. The molecule has 0 aliphatic carbocycles. The number of nitrogens with zero attached hydrogens (tertiary/aromatic N) is 4. The van der Waals surface area contributed by atoms with Gasteiger partial charge in [0.1, 0.15) is 0 Å². The van der Waals surface area contributed by atoms with Gasteiger partial charge in [-0.3, -0.25) is 9.98 Å². The molecule has 2 heterocycles. The Morgan fingerprint density at radius 1 is 1.20 bits per heavy atom. The predicted molar refractivity (Wildman–Crippen MR) is 106 cm³/mol. The molecule has 128 valence electrons. The van der Waals surface area contributed by atoms with Gasteiger partial charge >= 0.3 is 0 Å². The SMILES string of the molecule is CCN=c1scc(-c2cc(Cl)ccc2Cl)n1N=C(C)c1ccncc1. The molecule has 0 atom stereocenters. The lowest BCUT2D eigenvalue weighted by Crippen LogP contribution is -2.14. The van der Waals surface area contributed by atoms with Crippen molar-refractivity contribution in [1.82, 2.24) is 9.66 Å². The van der Waals surface area contributed by atoms with Gasteiger partial charge in [-0.2, -0.15) is 5.10 Å². The fraction of sp³-hybridized carbons (Fsp3) is 0.167.